The van der Waals surface area contributed by atoms with E-state index in [-0.39, 0.29) is 0 Å². The van der Waals surface area contributed by atoms with Crippen molar-refractivity contribution in [1.82, 2.24) is 5.32 Å². The minimum Gasteiger partial charge on any atom is -0.316 e. The molecule has 0 spiro atoms. The van der Waals surface area contributed by atoms with Gasteiger partial charge in [0.2, 0.25) is 0 Å². The first-order valence-electron chi connectivity index (χ1n) is 7.89. The molecule has 0 fully saturated rings. The van der Waals surface area contributed by atoms with E-state index in [0.29, 0.717) is 5.41 Å². The molecule has 0 aromatic heterocycles. The van der Waals surface area contributed by atoms with Crippen LogP contribution in [0.2, 0.25) is 0 Å². The van der Waals surface area contributed by atoms with Gasteiger partial charge in [-0.15, -0.1) is 0 Å². The normalized spacial score (nSPS) is 14.8. The third-order valence-corrected chi connectivity index (χ3v) is 3.75. The van der Waals surface area contributed by atoms with E-state index in [4.69, 9.17) is 0 Å². The van der Waals surface area contributed by atoms with Gasteiger partial charge in [-0.25, -0.2) is 0 Å². The van der Waals surface area contributed by atoms with Crippen LogP contribution in [0.15, 0.2) is 0 Å². The molecule has 0 aromatic rings. The Bertz CT molecular complexity index is 156. The van der Waals surface area contributed by atoms with Crippen LogP contribution in [0.25, 0.3) is 0 Å². The van der Waals surface area contributed by atoms with E-state index in [9.17, 15) is 0 Å². The second-order valence-corrected chi connectivity index (χ2v) is 5.90. The molecule has 0 heterocycles. The average molecular weight is 241 g/mol. The summed E-state index contributed by atoms with van der Waals surface area (Å²) in [7, 11) is 0. The second kappa shape index (κ2) is 11.1. The number of hydrogen-bond acceptors (Lipinski definition) is 1. The number of rotatable bonds is 12. The fourth-order valence-electron chi connectivity index (χ4n) is 2.45. The van der Waals surface area contributed by atoms with Gasteiger partial charge in [-0.3, -0.25) is 0 Å². The standard InChI is InChI=1S/C16H35N/c1-5-8-10-11-13-16(4,12-9-6-2)15-17-14-7-3/h17H,5-15H2,1-4H3. The summed E-state index contributed by atoms with van der Waals surface area (Å²) in [5.41, 5.74) is 0.541. The molecule has 0 aliphatic heterocycles. The topological polar surface area (TPSA) is 12.0 Å². The van der Waals surface area contributed by atoms with Crippen LogP contribution in [0.4, 0.5) is 0 Å². The first kappa shape index (κ1) is 17.0. The zero-order valence-corrected chi connectivity index (χ0v) is 12.8. The van der Waals surface area contributed by atoms with Gasteiger partial charge < -0.3 is 5.32 Å². The van der Waals surface area contributed by atoms with Gasteiger partial charge in [0, 0.05) is 6.54 Å². The minimum absolute atomic E-state index is 0.541. The van der Waals surface area contributed by atoms with Crippen LogP contribution in [0.3, 0.4) is 0 Å². The third kappa shape index (κ3) is 9.64. The lowest BCUT2D eigenvalue weighted by atomic mass is 9.80. The molecule has 1 atom stereocenters. The van der Waals surface area contributed by atoms with Crippen molar-refractivity contribution in [3.05, 3.63) is 0 Å². The molecule has 1 N–H and O–H groups in total. The zero-order valence-electron chi connectivity index (χ0n) is 12.8. The van der Waals surface area contributed by atoms with Crippen LogP contribution in [-0.4, -0.2) is 13.1 Å². The Balaban J connectivity index is 3.90. The molecule has 1 heteroatoms. The van der Waals surface area contributed by atoms with Gasteiger partial charge >= 0.3 is 0 Å². The highest BCUT2D eigenvalue weighted by Crippen LogP contribution is 2.30. The summed E-state index contributed by atoms with van der Waals surface area (Å²) in [5.74, 6) is 0. The summed E-state index contributed by atoms with van der Waals surface area (Å²) in [4.78, 5) is 0. The largest absolute Gasteiger partial charge is 0.316 e. The molecule has 104 valence electrons. The average Bonchev–Trinajstić information content (AvgIpc) is 2.33. The van der Waals surface area contributed by atoms with E-state index in [2.05, 4.69) is 33.0 Å². The SMILES string of the molecule is CCCCCCC(C)(CCCC)CNCCC. The Morgan fingerprint density at radius 3 is 2.00 bits per heavy atom. The molecule has 0 aliphatic carbocycles. The summed E-state index contributed by atoms with van der Waals surface area (Å²) in [5, 5.41) is 3.63. The van der Waals surface area contributed by atoms with Gasteiger partial charge in [0.15, 0.2) is 0 Å². The quantitative estimate of drug-likeness (QED) is 0.466. The monoisotopic (exact) mass is 241 g/mol. The summed E-state index contributed by atoms with van der Waals surface area (Å²) >= 11 is 0. The lowest BCUT2D eigenvalue weighted by molar-refractivity contribution is 0.242. The molecule has 1 unspecified atom stereocenters. The van der Waals surface area contributed by atoms with Crippen molar-refractivity contribution in [2.75, 3.05) is 13.1 Å². The Labute approximate surface area is 110 Å². The van der Waals surface area contributed by atoms with Crippen LogP contribution in [-0.2, 0) is 0 Å². The summed E-state index contributed by atoms with van der Waals surface area (Å²) < 4.78 is 0. The molecular formula is C16H35N. The highest BCUT2D eigenvalue weighted by molar-refractivity contribution is 4.77. The summed E-state index contributed by atoms with van der Waals surface area (Å²) in [6, 6.07) is 0. The number of unbranched alkanes of at least 4 members (excludes halogenated alkanes) is 4. The number of hydrogen-bond donors (Lipinski definition) is 1. The molecule has 0 bridgehead atoms. The van der Waals surface area contributed by atoms with Gasteiger partial charge in [-0.2, -0.15) is 0 Å². The first-order chi connectivity index (χ1) is 8.18. The minimum atomic E-state index is 0.541. The van der Waals surface area contributed by atoms with Gasteiger partial charge in [-0.1, -0.05) is 66.2 Å². The number of nitrogens with one attached hydrogen (secondary N) is 1. The van der Waals surface area contributed by atoms with Crippen LogP contribution in [0, 0.1) is 5.41 Å². The van der Waals surface area contributed by atoms with E-state index in [1.54, 1.807) is 0 Å². The van der Waals surface area contributed by atoms with Crippen LogP contribution in [0.1, 0.15) is 85.5 Å². The molecule has 0 radical (unpaired) electrons. The first-order valence-corrected chi connectivity index (χ1v) is 7.89. The fraction of sp³-hybridized carbons (Fsp3) is 1.00. The maximum atomic E-state index is 3.63. The molecular weight excluding hydrogens is 206 g/mol. The molecule has 0 amide bonds. The fourth-order valence-corrected chi connectivity index (χ4v) is 2.45. The Hall–Kier alpha value is -0.0400. The lowest BCUT2D eigenvalue weighted by Gasteiger charge is -2.30. The smallest absolute Gasteiger partial charge is 0.000516 e. The van der Waals surface area contributed by atoms with E-state index < -0.39 is 0 Å². The van der Waals surface area contributed by atoms with E-state index in [1.807, 2.05) is 0 Å². The molecule has 1 nitrogen and oxygen atoms in total. The molecule has 17 heavy (non-hydrogen) atoms. The zero-order chi connectivity index (χ0) is 13.0. The molecule has 0 aliphatic rings. The van der Waals surface area contributed by atoms with E-state index in [1.165, 1.54) is 70.9 Å². The Morgan fingerprint density at radius 2 is 1.41 bits per heavy atom. The van der Waals surface area contributed by atoms with E-state index in [0.717, 1.165) is 0 Å². The summed E-state index contributed by atoms with van der Waals surface area (Å²) in [6.07, 6.45) is 12.4. The molecule has 0 saturated heterocycles. The van der Waals surface area contributed by atoms with Crippen molar-refractivity contribution in [3.8, 4) is 0 Å². The predicted octanol–water partition coefficient (Wildman–Crippen LogP) is 5.15. The van der Waals surface area contributed by atoms with E-state index >= 15 is 0 Å². The molecule has 0 saturated carbocycles. The maximum absolute atomic E-state index is 3.63. The molecule has 0 aromatic carbocycles. The van der Waals surface area contributed by atoms with Crippen molar-refractivity contribution >= 4 is 0 Å². The highest BCUT2D eigenvalue weighted by atomic mass is 14.9. The van der Waals surface area contributed by atoms with Crippen molar-refractivity contribution < 1.29 is 0 Å². The van der Waals surface area contributed by atoms with Gasteiger partial charge in [0.25, 0.3) is 0 Å². The third-order valence-electron chi connectivity index (χ3n) is 3.75. The van der Waals surface area contributed by atoms with Crippen molar-refractivity contribution in [2.24, 2.45) is 5.41 Å². The van der Waals surface area contributed by atoms with Crippen LogP contribution in [0.5, 0.6) is 0 Å². The van der Waals surface area contributed by atoms with Crippen molar-refractivity contribution in [3.63, 3.8) is 0 Å². The van der Waals surface area contributed by atoms with Gasteiger partial charge in [0.1, 0.15) is 0 Å². The van der Waals surface area contributed by atoms with Crippen molar-refractivity contribution in [1.29, 1.82) is 0 Å². The maximum Gasteiger partial charge on any atom is 0.000516 e. The van der Waals surface area contributed by atoms with Gasteiger partial charge in [0.05, 0.1) is 0 Å². The van der Waals surface area contributed by atoms with Crippen molar-refractivity contribution in [2.45, 2.75) is 85.5 Å². The second-order valence-electron chi connectivity index (χ2n) is 5.90. The van der Waals surface area contributed by atoms with Gasteiger partial charge in [-0.05, 0) is 31.2 Å². The predicted molar refractivity (Wildman–Crippen MR) is 79.6 cm³/mol. The van der Waals surface area contributed by atoms with Crippen LogP contribution < -0.4 is 5.32 Å². The van der Waals surface area contributed by atoms with Crippen LogP contribution >= 0.6 is 0 Å². The Kier molecular flexibility index (Phi) is 11.0. The molecule has 0 rings (SSSR count). The Morgan fingerprint density at radius 1 is 0.765 bits per heavy atom. The summed E-state index contributed by atoms with van der Waals surface area (Å²) in [6.45, 7) is 11.7. The lowest BCUT2D eigenvalue weighted by Crippen LogP contribution is -2.32. The highest BCUT2D eigenvalue weighted by Gasteiger charge is 2.22.